The van der Waals surface area contributed by atoms with E-state index < -0.39 is 0 Å². The highest BCUT2D eigenvalue weighted by molar-refractivity contribution is 8.15. The molecule has 0 spiro atoms. The van der Waals surface area contributed by atoms with Crippen LogP contribution in [0.4, 0.5) is 5.69 Å². The van der Waals surface area contributed by atoms with E-state index in [-0.39, 0.29) is 11.2 Å². The maximum absolute atomic E-state index is 11.4. The first-order valence-electron chi connectivity index (χ1n) is 5.32. The zero-order valence-electron chi connectivity index (χ0n) is 9.36. The molecule has 0 radical (unpaired) electrons. The fourth-order valence-corrected chi connectivity index (χ4v) is 2.38. The lowest BCUT2D eigenvalue weighted by Crippen LogP contribution is -2.24. The molecule has 1 saturated heterocycles. The van der Waals surface area contributed by atoms with E-state index in [1.807, 2.05) is 38.1 Å². The van der Waals surface area contributed by atoms with E-state index in [0.717, 1.165) is 12.1 Å². The summed E-state index contributed by atoms with van der Waals surface area (Å²) >= 11 is 1.51. The zero-order valence-corrected chi connectivity index (χ0v) is 10.2. The van der Waals surface area contributed by atoms with E-state index in [0.29, 0.717) is 5.17 Å². The number of amides is 1. The number of aryl methyl sites for hydroxylation is 1. The Morgan fingerprint density at radius 3 is 2.62 bits per heavy atom. The number of hydrogen-bond donors (Lipinski definition) is 1. The number of hydrogen-bond acceptors (Lipinski definition) is 3. The summed E-state index contributed by atoms with van der Waals surface area (Å²) < 4.78 is 0. The van der Waals surface area contributed by atoms with Gasteiger partial charge in [0.05, 0.1) is 10.9 Å². The average molecular weight is 234 g/mol. The quantitative estimate of drug-likeness (QED) is 0.854. The molecule has 0 unspecified atom stereocenters. The standard InChI is InChI=1S/C12H14N2OS/c1-3-10-11(15)14-12(16-10)13-9-6-4-8(2)5-7-9/h4-7,10H,3H2,1-2H3,(H,13,14,15)/t10-/m1/s1. The molecule has 1 N–H and O–H groups in total. The molecule has 1 fully saturated rings. The molecule has 4 heteroatoms. The van der Waals surface area contributed by atoms with Crippen molar-refractivity contribution in [2.24, 2.45) is 4.99 Å². The molecule has 1 amide bonds. The van der Waals surface area contributed by atoms with Gasteiger partial charge in [-0.2, -0.15) is 0 Å². The van der Waals surface area contributed by atoms with E-state index in [2.05, 4.69) is 10.3 Å². The summed E-state index contributed by atoms with van der Waals surface area (Å²) in [5.41, 5.74) is 2.09. The Morgan fingerprint density at radius 2 is 2.06 bits per heavy atom. The third kappa shape index (κ3) is 2.44. The summed E-state index contributed by atoms with van der Waals surface area (Å²) in [5, 5.41) is 3.52. The third-order valence-corrected chi connectivity index (χ3v) is 3.66. The van der Waals surface area contributed by atoms with Crippen molar-refractivity contribution in [3.05, 3.63) is 29.8 Å². The van der Waals surface area contributed by atoms with Crippen LogP contribution in [0.15, 0.2) is 29.3 Å². The largest absolute Gasteiger partial charge is 0.304 e. The second-order valence-corrected chi connectivity index (χ2v) is 4.95. The molecular formula is C12H14N2OS. The second kappa shape index (κ2) is 4.70. The van der Waals surface area contributed by atoms with Gasteiger partial charge in [-0.05, 0) is 25.5 Å². The summed E-state index contributed by atoms with van der Waals surface area (Å²) in [4.78, 5) is 15.8. The van der Waals surface area contributed by atoms with Crippen LogP contribution in [0, 0.1) is 6.92 Å². The van der Waals surface area contributed by atoms with Gasteiger partial charge in [0.15, 0.2) is 5.17 Å². The predicted molar refractivity (Wildman–Crippen MR) is 68.1 cm³/mol. The summed E-state index contributed by atoms with van der Waals surface area (Å²) in [5.74, 6) is 0.0679. The Balaban J connectivity index is 2.14. The highest BCUT2D eigenvalue weighted by atomic mass is 32.2. The number of carbonyl (C=O) groups excluding carboxylic acids is 1. The molecule has 1 heterocycles. The van der Waals surface area contributed by atoms with Crippen molar-refractivity contribution in [2.75, 3.05) is 0 Å². The van der Waals surface area contributed by atoms with Crippen molar-refractivity contribution >= 4 is 28.5 Å². The van der Waals surface area contributed by atoms with Gasteiger partial charge in [-0.15, -0.1) is 0 Å². The van der Waals surface area contributed by atoms with Crippen LogP contribution in [0.1, 0.15) is 18.9 Å². The Labute approximate surface area is 99.3 Å². The van der Waals surface area contributed by atoms with Crippen LogP contribution >= 0.6 is 11.8 Å². The van der Waals surface area contributed by atoms with Crippen LogP contribution in [0.5, 0.6) is 0 Å². The molecule has 1 aromatic rings. The molecule has 3 nitrogen and oxygen atoms in total. The maximum atomic E-state index is 11.4. The van der Waals surface area contributed by atoms with Gasteiger partial charge in [0.2, 0.25) is 5.91 Å². The number of carbonyl (C=O) groups is 1. The van der Waals surface area contributed by atoms with Crippen molar-refractivity contribution in [3.8, 4) is 0 Å². The van der Waals surface area contributed by atoms with E-state index in [1.54, 1.807) is 0 Å². The Morgan fingerprint density at radius 1 is 1.38 bits per heavy atom. The summed E-state index contributed by atoms with van der Waals surface area (Å²) in [7, 11) is 0. The van der Waals surface area contributed by atoms with Crippen LogP contribution in [0.3, 0.4) is 0 Å². The van der Waals surface area contributed by atoms with Crippen molar-refractivity contribution < 1.29 is 4.79 Å². The normalized spacial score (nSPS) is 22.5. The maximum Gasteiger partial charge on any atom is 0.239 e. The molecule has 1 aliphatic rings. The minimum Gasteiger partial charge on any atom is -0.304 e. The van der Waals surface area contributed by atoms with Gasteiger partial charge >= 0.3 is 0 Å². The highest BCUT2D eigenvalue weighted by Crippen LogP contribution is 2.24. The van der Waals surface area contributed by atoms with Crippen molar-refractivity contribution in [2.45, 2.75) is 25.5 Å². The fraction of sp³-hybridized carbons (Fsp3) is 0.333. The van der Waals surface area contributed by atoms with Crippen LogP contribution in [0.25, 0.3) is 0 Å². The number of aliphatic imine (C=N–C) groups is 1. The number of rotatable bonds is 2. The summed E-state index contributed by atoms with van der Waals surface area (Å²) in [6.07, 6.45) is 0.837. The van der Waals surface area contributed by atoms with E-state index in [4.69, 9.17) is 0 Å². The van der Waals surface area contributed by atoms with Crippen molar-refractivity contribution in [1.29, 1.82) is 0 Å². The lowest BCUT2D eigenvalue weighted by Gasteiger charge is -1.98. The van der Waals surface area contributed by atoms with E-state index in [1.165, 1.54) is 17.3 Å². The number of nitrogens with zero attached hydrogens (tertiary/aromatic N) is 1. The molecule has 0 bridgehead atoms. The van der Waals surface area contributed by atoms with Gasteiger partial charge < -0.3 is 5.32 Å². The lowest BCUT2D eigenvalue weighted by molar-refractivity contribution is -0.118. The second-order valence-electron chi connectivity index (χ2n) is 3.76. The number of benzene rings is 1. The molecule has 1 aliphatic heterocycles. The van der Waals surface area contributed by atoms with Gasteiger partial charge in [-0.3, -0.25) is 4.79 Å². The van der Waals surface area contributed by atoms with Gasteiger partial charge in [0, 0.05) is 0 Å². The smallest absolute Gasteiger partial charge is 0.239 e. The molecular weight excluding hydrogens is 220 g/mol. The first-order chi connectivity index (χ1) is 7.69. The monoisotopic (exact) mass is 234 g/mol. The van der Waals surface area contributed by atoms with Crippen LogP contribution < -0.4 is 5.32 Å². The predicted octanol–water partition coefficient (Wildman–Crippen LogP) is 2.62. The number of thioether (sulfide) groups is 1. The van der Waals surface area contributed by atoms with Gasteiger partial charge in [-0.25, -0.2) is 4.99 Å². The minimum atomic E-state index is 0.0178. The minimum absolute atomic E-state index is 0.0178. The summed E-state index contributed by atoms with van der Waals surface area (Å²) in [6, 6.07) is 7.93. The fourth-order valence-electron chi connectivity index (χ4n) is 1.46. The van der Waals surface area contributed by atoms with Gasteiger partial charge in [-0.1, -0.05) is 36.4 Å². The molecule has 2 rings (SSSR count). The first-order valence-corrected chi connectivity index (χ1v) is 6.20. The zero-order chi connectivity index (χ0) is 11.5. The lowest BCUT2D eigenvalue weighted by atomic mass is 10.2. The Hall–Kier alpha value is -1.29. The number of nitrogens with one attached hydrogen (secondary N) is 1. The SMILES string of the molecule is CC[C@H]1SC(=Nc2ccc(C)cc2)NC1=O. The first kappa shape index (κ1) is 11.2. The van der Waals surface area contributed by atoms with E-state index in [9.17, 15) is 4.79 Å². The van der Waals surface area contributed by atoms with Gasteiger partial charge in [0.25, 0.3) is 0 Å². The van der Waals surface area contributed by atoms with Gasteiger partial charge in [0.1, 0.15) is 0 Å². The van der Waals surface area contributed by atoms with E-state index >= 15 is 0 Å². The van der Waals surface area contributed by atoms with Crippen LogP contribution in [-0.2, 0) is 4.79 Å². The van der Waals surface area contributed by atoms with Crippen molar-refractivity contribution in [3.63, 3.8) is 0 Å². The molecule has 84 valence electrons. The molecule has 1 aromatic carbocycles. The molecule has 16 heavy (non-hydrogen) atoms. The topological polar surface area (TPSA) is 41.5 Å². The number of amidine groups is 1. The Bertz CT molecular complexity index is 425. The highest BCUT2D eigenvalue weighted by Gasteiger charge is 2.28. The Kier molecular flexibility index (Phi) is 3.29. The van der Waals surface area contributed by atoms with Crippen LogP contribution in [0.2, 0.25) is 0 Å². The van der Waals surface area contributed by atoms with Crippen LogP contribution in [-0.4, -0.2) is 16.3 Å². The molecule has 0 saturated carbocycles. The molecule has 0 aromatic heterocycles. The van der Waals surface area contributed by atoms with Crippen molar-refractivity contribution in [1.82, 2.24) is 5.32 Å². The average Bonchev–Trinajstić information content (AvgIpc) is 2.62. The third-order valence-electron chi connectivity index (χ3n) is 2.41. The molecule has 0 aliphatic carbocycles. The summed E-state index contributed by atoms with van der Waals surface area (Å²) in [6.45, 7) is 4.04. The molecule has 1 atom stereocenters.